The summed E-state index contributed by atoms with van der Waals surface area (Å²) in [6, 6.07) is 4.49. The first-order valence-electron chi connectivity index (χ1n) is 5.50. The number of hydroxylamine groups is 1. The minimum absolute atomic E-state index is 0.0687. The van der Waals surface area contributed by atoms with Gasteiger partial charge in [0.05, 0.1) is 0 Å². The van der Waals surface area contributed by atoms with Gasteiger partial charge in [-0.15, -0.1) is 0 Å². The van der Waals surface area contributed by atoms with Crippen LogP contribution < -0.4 is 5.48 Å². The zero-order valence-electron chi connectivity index (χ0n) is 10.2. The van der Waals surface area contributed by atoms with Crippen LogP contribution >= 0.6 is 0 Å². The van der Waals surface area contributed by atoms with Gasteiger partial charge in [0.15, 0.2) is 0 Å². The molecule has 0 aromatic carbocycles. The molecule has 2 heterocycles. The quantitative estimate of drug-likeness (QED) is 0.489. The summed E-state index contributed by atoms with van der Waals surface area (Å²) in [6.07, 6.45) is 7.90. The van der Waals surface area contributed by atoms with Crippen LogP contribution in [-0.4, -0.2) is 28.5 Å². The Morgan fingerprint density at radius 3 is 2.85 bits per heavy atom. The number of aromatic nitrogens is 2. The summed E-state index contributed by atoms with van der Waals surface area (Å²) >= 11 is 0. The molecular weight excluding hydrogens is 282 g/mol. The predicted molar refractivity (Wildman–Crippen MR) is 70.2 cm³/mol. The fourth-order valence-electron chi connectivity index (χ4n) is 1.47. The highest BCUT2D eigenvalue weighted by atomic mass is 32.2. The van der Waals surface area contributed by atoms with Gasteiger partial charge in [0.25, 0.3) is 15.9 Å². The Labute approximate surface area is 115 Å². The molecule has 0 atom stereocenters. The van der Waals surface area contributed by atoms with Crippen molar-refractivity contribution in [3.8, 4) is 0 Å². The third-order valence-electron chi connectivity index (χ3n) is 2.44. The minimum Gasteiger partial charge on any atom is -0.288 e. The molecule has 0 unspecified atom stereocenters. The molecule has 2 aromatic rings. The van der Waals surface area contributed by atoms with Crippen molar-refractivity contribution < 1.29 is 18.4 Å². The van der Waals surface area contributed by atoms with E-state index < -0.39 is 15.9 Å². The van der Waals surface area contributed by atoms with Gasteiger partial charge in [-0.2, -0.15) is 0 Å². The minimum atomic E-state index is -3.69. The Morgan fingerprint density at radius 2 is 2.20 bits per heavy atom. The number of carbonyl (C=O) groups excluding carboxylic acids is 1. The lowest BCUT2D eigenvalue weighted by atomic mass is 10.3. The summed E-state index contributed by atoms with van der Waals surface area (Å²) < 4.78 is 25.5. The molecule has 7 nitrogen and oxygen atoms in total. The Bertz CT molecular complexity index is 735. The Balaban J connectivity index is 2.29. The first-order chi connectivity index (χ1) is 9.54. The topological polar surface area (TPSA) is 101 Å². The van der Waals surface area contributed by atoms with E-state index in [0.717, 1.165) is 10.0 Å². The predicted octanol–water partition coefficient (Wildman–Crippen LogP) is 0.639. The van der Waals surface area contributed by atoms with Gasteiger partial charge in [-0.05, 0) is 29.8 Å². The molecule has 0 aliphatic rings. The van der Waals surface area contributed by atoms with E-state index in [0.29, 0.717) is 5.56 Å². The summed E-state index contributed by atoms with van der Waals surface area (Å²) in [5.74, 6) is -0.701. The van der Waals surface area contributed by atoms with Crippen LogP contribution in [-0.2, 0) is 14.8 Å². The number of nitrogens with one attached hydrogen (secondary N) is 1. The van der Waals surface area contributed by atoms with E-state index in [4.69, 9.17) is 5.21 Å². The van der Waals surface area contributed by atoms with Gasteiger partial charge in [0, 0.05) is 30.9 Å². The fourth-order valence-corrected chi connectivity index (χ4v) is 2.64. The highest BCUT2D eigenvalue weighted by Crippen LogP contribution is 2.14. The Kier molecular flexibility index (Phi) is 3.97. The van der Waals surface area contributed by atoms with Crippen molar-refractivity contribution >= 4 is 22.0 Å². The van der Waals surface area contributed by atoms with E-state index in [2.05, 4.69) is 4.98 Å². The van der Waals surface area contributed by atoms with Gasteiger partial charge in [-0.3, -0.25) is 15.0 Å². The smallest absolute Gasteiger partial charge is 0.269 e. The van der Waals surface area contributed by atoms with Crippen molar-refractivity contribution in [2.24, 2.45) is 0 Å². The van der Waals surface area contributed by atoms with E-state index in [1.807, 2.05) is 0 Å². The van der Waals surface area contributed by atoms with Crippen LogP contribution in [0.4, 0.5) is 0 Å². The molecule has 0 aliphatic carbocycles. The molecule has 0 bridgehead atoms. The van der Waals surface area contributed by atoms with Gasteiger partial charge < -0.3 is 0 Å². The zero-order chi connectivity index (χ0) is 14.6. The van der Waals surface area contributed by atoms with E-state index >= 15 is 0 Å². The summed E-state index contributed by atoms with van der Waals surface area (Å²) in [4.78, 5) is 14.7. The molecule has 20 heavy (non-hydrogen) atoms. The summed E-state index contributed by atoms with van der Waals surface area (Å²) in [6.45, 7) is 0. The highest BCUT2D eigenvalue weighted by Gasteiger charge is 2.16. The van der Waals surface area contributed by atoms with E-state index in [9.17, 15) is 13.2 Å². The van der Waals surface area contributed by atoms with Crippen molar-refractivity contribution in [2.45, 2.75) is 4.90 Å². The largest absolute Gasteiger partial charge is 0.288 e. The van der Waals surface area contributed by atoms with Crippen LogP contribution in [0.25, 0.3) is 6.08 Å². The average molecular weight is 293 g/mol. The SMILES string of the molecule is O=C(C=Cc1ccn(S(=O)(=O)c2cccnc2)c1)NO. The number of hydrogen-bond donors (Lipinski definition) is 2. The van der Waals surface area contributed by atoms with Crippen molar-refractivity contribution in [1.82, 2.24) is 14.4 Å². The molecule has 2 aromatic heterocycles. The first-order valence-corrected chi connectivity index (χ1v) is 6.94. The van der Waals surface area contributed by atoms with Crippen LogP contribution in [0.15, 0.2) is 54.0 Å². The lowest BCUT2D eigenvalue weighted by molar-refractivity contribution is -0.124. The second-order valence-electron chi connectivity index (χ2n) is 3.78. The second kappa shape index (κ2) is 5.68. The molecule has 0 saturated carbocycles. The number of pyridine rings is 1. The number of nitrogens with zero attached hydrogens (tertiary/aromatic N) is 2. The molecule has 2 N–H and O–H groups in total. The normalized spacial score (nSPS) is 11.7. The van der Waals surface area contributed by atoms with Crippen LogP contribution in [0.3, 0.4) is 0 Å². The standard InChI is InChI=1S/C12H11N3O4S/c16-12(14-17)4-3-10-5-7-15(9-10)20(18,19)11-2-1-6-13-8-11/h1-9,17H,(H,14,16). The van der Waals surface area contributed by atoms with Gasteiger partial charge in [-0.1, -0.05) is 0 Å². The van der Waals surface area contributed by atoms with Gasteiger partial charge in [0.2, 0.25) is 0 Å². The van der Waals surface area contributed by atoms with Gasteiger partial charge in [-0.25, -0.2) is 17.9 Å². The maximum atomic E-state index is 12.2. The molecule has 8 heteroatoms. The Hall–Kier alpha value is -2.45. The van der Waals surface area contributed by atoms with Crippen molar-refractivity contribution in [2.75, 3.05) is 0 Å². The molecule has 1 amide bonds. The van der Waals surface area contributed by atoms with Gasteiger partial charge >= 0.3 is 0 Å². The third-order valence-corrected chi connectivity index (χ3v) is 4.06. The van der Waals surface area contributed by atoms with Crippen LogP contribution in [0.5, 0.6) is 0 Å². The molecule has 0 radical (unpaired) electrons. The molecule has 0 fully saturated rings. The molecule has 0 aliphatic heterocycles. The van der Waals surface area contributed by atoms with Crippen molar-refractivity contribution in [3.63, 3.8) is 0 Å². The molecule has 0 saturated heterocycles. The maximum Gasteiger partial charge on any atom is 0.269 e. The van der Waals surface area contributed by atoms with Crippen molar-refractivity contribution in [3.05, 3.63) is 54.6 Å². The van der Waals surface area contributed by atoms with Crippen LogP contribution in [0.1, 0.15) is 5.56 Å². The van der Waals surface area contributed by atoms with Crippen molar-refractivity contribution in [1.29, 1.82) is 0 Å². The number of rotatable bonds is 4. The summed E-state index contributed by atoms with van der Waals surface area (Å²) in [7, 11) is -3.69. The monoisotopic (exact) mass is 293 g/mol. The second-order valence-corrected chi connectivity index (χ2v) is 5.62. The number of amides is 1. The van der Waals surface area contributed by atoms with Crippen LogP contribution in [0.2, 0.25) is 0 Å². The molecule has 2 rings (SSSR count). The third kappa shape index (κ3) is 2.92. The molecule has 0 spiro atoms. The van der Waals surface area contributed by atoms with E-state index in [1.54, 1.807) is 0 Å². The summed E-state index contributed by atoms with van der Waals surface area (Å²) in [5, 5.41) is 8.34. The summed E-state index contributed by atoms with van der Waals surface area (Å²) in [5.41, 5.74) is 1.94. The zero-order valence-corrected chi connectivity index (χ0v) is 11.0. The Morgan fingerprint density at radius 1 is 1.40 bits per heavy atom. The van der Waals surface area contributed by atoms with Crippen LogP contribution in [0, 0.1) is 0 Å². The first kappa shape index (κ1) is 14.0. The lowest BCUT2D eigenvalue weighted by Gasteiger charge is -2.04. The lowest BCUT2D eigenvalue weighted by Crippen LogP contribution is -2.14. The number of hydrogen-bond acceptors (Lipinski definition) is 5. The molecular formula is C12H11N3O4S. The van der Waals surface area contributed by atoms with E-state index in [-0.39, 0.29) is 4.90 Å². The van der Waals surface area contributed by atoms with Gasteiger partial charge in [0.1, 0.15) is 4.90 Å². The van der Waals surface area contributed by atoms with E-state index in [1.165, 1.54) is 54.5 Å². The maximum absolute atomic E-state index is 12.2. The number of carbonyl (C=O) groups is 1. The highest BCUT2D eigenvalue weighted by molar-refractivity contribution is 7.90. The molecule has 104 valence electrons. The average Bonchev–Trinajstić information content (AvgIpc) is 2.95. The fraction of sp³-hybridized carbons (Fsp3) is 0.